The highest BCUT2D eigenvalue weighted by Crippen LogP contribution is 2.23. The molecule has 6 nitrogen and oxygen atoms in total. The molecule has 2 N–H and O–H groups in total. The predicted molar refractivity (Wildman–Crippen MR) is 63.0 cm³/mol. The number of carboxylic acid groups (broad SMARTS) is 1. The van der Waals surface area contributed by atoms with Crippen LogP contribution >= 0.6 is 0 Å². The molecular weight excluding hydrogens is 246 g/mol. The zero-order chi connectivity index (χ0) is 13.1. The Hall–Kier alpha value is -1.76. The first kappa shape index (κ1) is 13.3. The maximum Gasteiger partial charge on any atom is 0.337 e. The van der Waals surface area contributed by atoms with Crippen molar-refractivity contribution in [3.63, 3.8) is 0 Å². The molecule has 0 unspecified atom stereocenters. The molecule has 0 aliphatic rings. The third-order valence-electron chi connectivity index (χ3n) is 2.10. The lowest BCUT2D eigenvalue weighted by molar-refractivity contribution is 0.0698. The molecule has 0 radical (unpaired) electrons. The minimum atomic E-state index is -3.52. The molecular formula is C10H13NO5S. The molecule has 0 atom stereocenters. The van der Waals surface area contributed by atoms with E-state index in [4.69, 9.17) is 9.84 Å². The van der Waals surface area contributed by atoms with Crippen molar-refractivity contribution in [2.45, 2.75) is 6.92 Å². The number of carbonyl (C=O) groups is 1. The first-order chi connectivity index (χ1) is 7.89. The summed E-state index contributed by atoms with van der Waals surface area (Å²) in [6, 6.07) is 4.07. The van der Waals surface area contributed by atoms with Crippen LogP contribution in [0, 0.1) is 0 Å². The molecule has 0 amide bonds. The molecule has 0 fully saturated rings. The number of aromatic carboxylic acids is 1. The van der Waals surface area contributed by atoms with Crippen LogP contribution in [-0.2, 0) is 10.0 Å². The number of sulfonamides is 1. The summed E-state index contributed by atoms with van der Waals surface area (Å²) in [4.78, 5) is 10.9. The maximum absolute atomic E-state index is 11.4. The number of nitrogens with one attached hydrogen (secondary N) is 1. The largest absolute Gasteiger partial charge is 0.497 e. The maximum atomic E-state index is 11.4. The third-order valence-corrected chi connectivity index (χ3v) is 3.39. The van der Waals surface area contributed by atoms with Gasteiger partial charge in [-0.15, -0.1) is 0 Å². The Morgan fingerprint density at radius 3 is 2.59 bits per heavy atom. The normalized spacial score (nSPS) is 10.9. The van der Waals surface area contributed by atoms with Gasteiger partial charge in [0.15, 0.2) is 0 Å². The first-order valence-corrected chi connectivity index (χ1v) is 6.46. The standard InChI is InChI=1S/C10H13NO5S/c1-3-17(14,15)11-9-6-7(16-2)4-5-8(9)10(12)13/h4-6,11H,3H2,1-2H3,(H,12,13). The van der Waals surface area contributed by atoms with E-state index < -0.39 is 16.0 Å². The van der Waals surface area contributed by atoms with Gasteiger partial charge in [0, 0.05) is 6.07 Å². The van der Waals surface area contributed by atoms with Gasteiger partial charge in [0.25, 0.3) is 0 Å². The van der Waals surface area contributed by atoms with Crippen molar-refractivity contribution in [1.82, 2.24) is 0 Å². The number of benzene rings is 1. The number of ether oxygens (including phenoxy) is 1. The van der Waals surface area contributed by atoms with Gasteiger partial charge in [0.05, 0.1) is 24.1 Å². The summed E-state index contributed by atoms with van der Waals surface area (Å²) in [5, 5.41) is 8.92. The van der Waals surface area contributed by atoms with Crippen LogP contribution in [0.15, 0.2) is 18.2 Å². The van der Waals surface area contributed by atoms with E-state index in [0.717, 1.165) is 0 Å². The molecule has 0 saturated heterocycles. The zero-order valence-corrected chi connectivity index (χ0v) is 10.2. The predicted octanol–water partition coefficient (Wildman–Crippen LogP) is 1.16. The molecule has 0 saturated carbocycles. The van der Waals surface area contributed by atoms with Crippen LogP contribution in [-0.4, -0.2) is 32.4 Å². The van der Waals surface area contributed by atoms with Crippen LogP contribution in [0.2, 0.25) is 0 Å². The van der Waals surface area contributed by atoms with Gasteiger partial charge in [-0.05, 0) is 19.1 Å². The summed E-state index contributed by atoms with van der Waals surface area (Å²) in [5.74, 6) is -0.964. The van der Waals surface area contributed by atoms with Crippen molar-refractivity contribution in [1.29, 1.82) is 0 Å². The summed E-state index contributed by atoms with van der Waals surface area (Å²) < 4.78 is 29.9. The summed E-state index contributed by atoms with van der Waals surface area (Å²) in [5.41, 5.74) is -0.124. The van der Waals surface area contributed by atoms with Crippen molar-refractivity contribution < 1.29 is 23.1 Å². The van der Waals surface area contributed by atoms with Gasteiger partial charge in [0.2, 0.25) is 10.0 Å². The Kier molecular flexibility index (Phi) is 3.95. The van der Waals surface area contributed by atoms with Gasteiger partial charge in [-0.25, -0.2) is 13.2 Å². The fourth-order valence-electron chi connectivity index (χ4n) is 1.16. The highest BCUT2D eigenvalue weighted by atomic mass is 32.2. The van der Waals surface area contributed by atoms with Crippen LogP contribution in [0.4, 0.5) is 5.69 Å². The van der Waals surface area contributed by atoms with Crippen LogP contribution in [0.25, 0.3) is 0 Å². The van der Waals surface area contributed by atoms with E-state index in [1.165, 1.54) is 32.2 Å². The average molecular weight is 259 g/mol. The molecule has 0 bridgehead atoms. The smallest absolute Gasteiger partial charge is 0.337 e. The summed E-state index contributed by atoms with van der Waals surface area (Å²) in [6.45, 7) is 1.46. The van der Waals surface area contributed by atoms with Gasteiger partial charge in [-0.1, -0.05) is 0 Å². The molecule has 0 heterocycles. The molecule has 0 aliphatic heterocycles. The van der Waals surface area contributed by atoms with Crippen LogP contribution in [0.1, 0.15) is 17.3 Å². The van der Waals surface area contributed by atoms with E-state index in [-0.39, 0.29) is 17.0 Å². The Bertz CT molecular complexity index is 523. The van der Waals surface area contributed by atoms with E-state index in [9.17, 15) is 13.2 Å². The molecule has 1 aromatic rings. The Morgan fingerprint density at radius 2 is 2.12 bits per heavy atom. The first-order valence-electron chi connectivity index (χ1n) is 4.81. The fraction of sp³-hybridized carbons (Fsp3) is 0.300. The van der Waals surface area contributed by atoms with Crippen molar-refractivity contribution >= 4 is 21.7 Å². The second kappa shape index (κ2) is 5.05. The van der Waals surface area contributed by atoms with Gasteiger partial charge >= 0.3 is 5.97 Å². The van der Waals surface area contributed by atoms with Gasteiger partial charge in [-0.3, -0.25) is 4.72 Å². The van der Waals surface area contributed by atoms with Crippen molar-refractivity contribution in [2.24, 2.45) is 0 Å². The molecule has 0 spiro atoms. The highest BCUT2D eigenvalue weighted by Gasteiger charge is 2.15. The minimum Gasteiger partial charge on any atom is -0.497 e. The Morgan fingerprint density at radius 1 is 1.47 bits per heavy atom. The van der Waals surface area contributed by atoms with Crippen LogP contribution < -0.4 is 9.46 Å². The lowest BCUT2D eigenvalue weighted by Crippen LogP contribution is -2.17. The molecule has 1 aromatic carbocycles. The number of methoxy groups -OCH3 is 1. The van der Waals surface area contributed by atoms with Crippen LogP contribution in [0.3, 0.4) is 0 Å². The zero-order valence-electron chi connectivity index (χ0n) is 9.43. The van der Waals surface area contributed by atoms with E-state index >= 15 is 0 Å². The number of hydrogen-bond acceptors (Lipinski definition) is 4. The van der Waals surface area contributed by atoms with Crippen LogP contribution in [0.5, 0.6) is 5.75 Å². The van der Waals surface area contributed by atoms with Gasteiger partial charge in [0.1, 0.15) is 5.75 Å². The SMILES string of the molecule is CCS(=O)(=O)Nc1cc(OC)ccc1C(=O)O. The molecule has 7 heteroatoms. The molecule has 17 heavy (non-hydrogen) atoms. The topological polar surface area (TPSA) is 92.7 Å². The lowest BCUT2D eigenvalue weighted by Gasteiger charge is -2.10. The fourth-order valence-corrected chi connectivity index (χ4v) is 1.81. The minimum absolute atomic E-state index is 0.00120. The highest BCUT2D eigenvalue weighted by molar-refractivity contribution is 7.92. The number of anilines is 1. The van der Waals surface area contributed by atoms with E-state index in [1.807, 2.05) is 0 Å². The van der Waals surface area contributed by atoms with Gasteiger partial charge < -0.3 is 9.84 Å². The van der Waals surface area contributed by atoms with E-state index in [0.29, 0.717) is 5.75 Å². The number of rotatable bonds is 5. The van der Waals surface area contributed by atoms with Gasteiger partial charge in [-0.2, -0.15) is 0 Å². The Balaban J connectivity index is 3.23. The molecule has 1 rings (SSSR count). The van der Waals surface area contributed by atoms with Crippen molar-refractivity contribution in [2.75, 3.05) is 17.6 Å². The second-order valence-corrected chi connectivity index (χ2v) is 5.23. The summed E-state index contributed by atoms with van der Waals surface area (Å²) in [6.07, 6.45) is 0. The number of hydrogen-bond donors (Lipinski definition) is 2. The van der Waals surface area contributed by atoms with Crippen molar-refractivity contribution in [3.8, 4) is 5.75 Å². The molecule has 94 valence electrons. The quantitative estimate of drug-likeness (QED) is 0.827. The summed E-state index contributed by atoms with van der Waals surface area (Å²) >= 11 is 0. The Labute approximate surface area is 99.3 Å². The summed E-state index contributed by atoms with van der Waals surface area (Å²) in [7, 11) is -2.11. The third kappa shape index (κ3) is 3.35. The monoisotopic (exact) mass is 259 g/mol. The van der Waals surface area contributed by atoms with E-state index in [2.05, 4.69) is 4.72 Å². The van der Waals surface area contributed by atoms with E-state index in [1.54, 1.807) is 0 Å². The lowest BCUT2D eigenvalue weighted by atomic mass is 10.2. The number of carboxylic acids is 1. The molecule has 0 aliphatic carbocycles. The second-order valence-electron chi connectivity index (χ2n) is 3.22. The van der Waals surface area contributed by atoms with Crippen molar-refractivity contribution in [3.05, 3.63) is 23.8 Å². The molecule has 0 aromatic heterocycles. The average Bonchev–Trinajstić information content (AvgIpc) is 2.28.